The maximum atomic E-state index is 13.3. The number of ketones is 1. The number of nitrogens with one attached hydrogen (secondary N) is 1. The third-order valence-electron chi connectivity index (χ3n) is 6.02. The molecular weight excluding hydrogens is 591 g/mol. The number of amides is 1. The van der Waals surface area contributed by atoms with Crippen LogP contribution >= 0.6 is 0 Å². The number of benzene rings is 3. The molecule has 0 saturated heterocycles. The summed E-state index contributed by atoms with van der Waals surface area (Å²) in [7, 11) is 0. The molecule has 0 aliphatic carbocycles. The second-order valence-corrected chi connectivity index (χ2v) is 8.97. The molecule has 0 aromatic heterocycles. The Morgan fingerprint density at radius 3 is 1.86 bits per heavy atom. The van der Waals surface area contributed by atoms with E-state index in [4.69, 9.17) is 0 Å². The van der Waals surface area contributed by atoms with Gasteiger partial charge in [-0.2, -0.15) is 22.0 Å². The number of rotatable bonds is 12. The monoisotopic (exact) mass is 610 g/mol. The lowest BCUT2D eigenvalue weighted by molar-refractivity contribution is -0.386. The number of nitrogens with zero attached hydrogens (tertiary/aromatic N) is 1. The molecule has 3 aromatic carbocycles. The molecule has 0 bridgehead atoms. The van der Waals surface area contributed by atoms with Crippen LogP contribution in [-0.4, -0.2) is 63.0 Å². The van der Waals surface area contributed by atoms with Gasteiger partial charge in [0.15, 0.2) is 18.1 Å². The Bertz CT molecular complexity index is 1550. The van der Waals surface area contributed by atoms with Crippen molar-refractivity contribution in [2.45, 2.75) is 24.1 Å². The second-order valence-electron chi connectivity index (χ2n) is 8.97. The lowest BCUT2D eigenvalue weighted by Gasteiger charge is -2.26. The van der Waals surface area contributed by atoms with Crippen molar-refractivity contribution in [2.24, 2.45) is 0 Å². The first kappa shape index (κ1) is 32.1. The summed E-state index contributed by atoms with van der Waals surface area (Å²) >= 11 is 0. The molecule has 0 atom stereocenters. The van der Waals surface area contributed by atoms with Crippen molar-refractivity contribution in [3.8, 4) is 5.75 Å². The van der Waals surface area contributed by atoms with Crippen molar-refractivity contribution in [1.82, 2.24) is 5.32 Å². The molecule has 43 heavy (non-hydrogen) atoms. The Balaban J connectivity index is 1.90. The maximum Gasteiger partial charge on any atom is 0.456 e. The molecule has 3 rings (SSSR count). The number of carboxylic acid groups (broad SMARTS) is 2. The van der Waals surface area contributed by atoms with E-state index in [1.807, 2.05) is 0 Å². The van der Waals surface area contributed by atoms with Crippen molar-refractivity contribution in [1.29, 1.82) is 0 Å². The summed E-state index contributed by atoms with van der Waals surface area (Å²) in [6, 6.07) is 14.8. The molecule has 3 N–H and O–H groups in total. The van der Waals surface area contributed by atoms with Gasteiger partial charge < -0.3 is 20.3 Å². The fourth-order valence-corrected chi connectivity index (χ4v) is 3.67. The molecule has 1 amide bonds. The Labute approximate surface area is 237 Å². The van der Waals surface area contributed by atoms with E-state index in [0.717, 1.165) is 0 Å². The average Bonchev–Trinajstić information content (AvgIpc) is 2.95. The molecule has 0 aliphatic heterocycles. The Hall–Kier alpha value is -5.41. The highest BCUT2D eigenvalue weighted by Crippen LogP contribution is 2.37. The summed E-state index contributed by atoms with van der Waals surface area (Å²) in [6.07, 6.45) is -6.94. The molecule has 0 radical (unpaired) electrons. The highest BCUT2D eigenvalue weighted by molar-refractivity contribution is 6.10. The summed E-state index contributed by atoms with van der Waals surface area (Å²) in [4.78, 5) is 59.9. The quantitative estimate of drug-likeness (QED) is 0.0889. The van der Waals surface area contributed by atoms with Gasteiger partial charge in [-0.15, -0.1) is 0 Å². The van der Waals surface area contributed by atoms with Crippen LogP contribution in [0.15, 0.2) is 72.8 Å². The third-order valence-corrected chi connectivity index (χ3v) is 6.02. The first-order valence-electron chi connectivity index (χ1n) is 11.8. The Morgan fingerprint density at radius 1 is 0.814 bits per heavy atom. The van der Waals surface area contributed by atoms with Crippen molar-refractivity contribution < 1.29 is 61.0 Å². The standard InChI is InChI=1S/C27H19F5N2O9/c28-26(29,27(30,31)32)14-43-20-12-18(10-11-19(20)34(41)42)22(36)33-25(23(37)38,24(39)40)13-15-6-8-17(9-7-15)21(35)16-4-2-1-3-5-16/h1-12H,13-14H2,(H,33,36)(H,37,38)(H,39,40). The van der Waals surface area contributed by atoms with E-state index in [-0.39, 0.29) is 16.9 Å². The van der Waals surface area contributed by atoms with E-state index in [1.165, 1.54) is 24.3 Å². The second kappa shape index (κ2) is 12.2. The molecule has 11 nitrogen and oxygen atoms in total. The molecule has 16 heteroatoms. The highest BCUT2D eigenvalue weighted by atomic mass is 19.4. The van der Waals surface area contributed by atoms with Gasteiger partial charge in [0.05, 0.1) is 4.92 Å². The molecule has 0 aliphatic rings. The normalized spacial score (nSPS) is 11.8. The predicted molar refractivity (Wildman–Crippen MR) is 135 cm³/mol. The van der Waals surface area contributed by atoms with E-state index >= 15 is 0 Å². The van der Waals surface area contributed by atoms with E-state index in [9.17, 15) is 61.5 Å². The Morgan fingerprint density at radius 2 is 1.35 bits per heavy atom. The molecule has 0 saturated carbocycles. The highest BCUT2D eigenvalue weighted by Gasteiger charge is 2.58. The minimum absolute atomic E-state index is 0.0387. The number of aliphatic carboxylic acids is 2. The van der Waals surface area contributed by atoms with E-state index in [1.54, 1.807) is 35.6 Å². The topological polar surface area (TPSA) is 173 Å². The van der Waals surface area contributed by atoms with Gasteiger partial charge in [0.1, 0.15) is 0 Å². The third kappa shape index (κ3) is 7.09. The zero-order valence-corrected chi connectivity index (χ0v) is 21.4. The first-order chi connectivity index (χ1) is 20.0. The van der Waals surface area contributed by atoms with Gasteiger partial charge >= 0.3 is 29.7 Å². The fraction of sp³-hybridized carbons (Fsp3) is 0.185. The maximum absolute atomic E-state index is 13.3. The van der Waals surface area contributed by atoms with Gasteiger partial charge in [-0.1, -0.05) is 54.6 Å². The van der Waals surface area contributed by atoms with Gasteiger partial charge in [-0.05, 0) is 11.6 Å². The number of alkyl halides is 5. The zero-order valence-electron chi connectivity index (χ0n) is 21.4. The number of halogens is 5. The van der Waals surface area contributed by atoms with Gasteiger partial charge in [-0.3, -0.25) is 19.7 Å². The smallest absolute Gasteiger partial charge is 0.456 e. The largest absolute Gasteiger partial charge is 0.480 e. The zero-order chi connectivity index (χ0) is 32.2. The molecule has 3 aromatic rings. The number of ether oxygens (including phenoxy) is 1. The number of carboxylic acids is 2. The lowest BCUT2D eigenvalue weighted by Crippen LogP contribution is -2.61. The van der Waals surface area contributed by atoms with Crippen LogP contribution in [0.1, 0.15) is 31.8 Å². The molecular formula is C27H19F5N2O9. The molecule has 0 spiro atoms. The van der Waals surface area contributed by atoms with Crippen molar-refractivity contribution in [3.63, 3.8) is 0 Å². The van der Waals surface area contributed by atoms with Gasteiger partial charge in [0.2, 0.25) is 5.54 Å². The SMILES string of the molecule is O=C(NC(Cc1ccc(C(=O)c2ccccc2)cc1)(C(=O)O)C(=O)O)c1ccc([N+](=O)[O-])c(OCC(F)(F)C(F)(F)F)c1. The number of nitro groups is 1. The van der Waals surface area contributed by atoms with Crippen molar-refractivity contribution in [2.75, 3.05) is 6.61 Å². The fourth-order valence-electron chi connectivity index (χ4n) is 3.67. The molecule has 0 unspecified atom stereocenters. The van der Waals surface area contributed by atoms with E-state index < -0.39 is 70.4 Å². The summed E-state index contributed by atoms with van der Waals surface area (Å²) in [6.45, 7) is -2.39. The van der Waals surface area contributed by atoms with E-state index in [0.29, 0.717) is 23.8 Å². The van der Waals surface area contributed by atoms with Crippen LogP contribution in [0.3, 0.4) is 0 Å². The number of carbonyl (C=O) groups excluding carboxylic acids is 2. The molecule has 0 fully saturated rings. The number of hydrogen-bond donors (Lipinski definition) is 3. The van der Waals surface area contributed by atoms with Crippen LogP contribution < -0.4 is 10.1 Å². The van der Waals surface area contributed by atoms with Gasteiger partial charge in [-0.25, -0.2) is 9.59 Å². The number of hydrogen-bond acceptors (Lipinski definition) is 7. The lowest BCUT2D eigenvalue weighted by atomic mass is 9.89. The summed E-state index contributed by atoms with van der Waals surface area (Å²) < 4.78 is 68.5. The summed E-state index contributed by atoms with van der Waals surface area (Å²) in [5.41, 5.74) is -4.36. The van der Waals surface area contributed by atoms with E-state index in [2.05, 4.69) is 4.74 Å². The van der Waals surface area contributed by atoms with Gasteiger partial charge in [0, 0.05) is 35.2 Å². The molecule has 226 valence electrons. The Kier molecular flexibility index (Phi) is 9.12. The minimum Gasteiger partial charge on any atom is -0.480 e. The average molecular weight is 610 g/mol. The number of nitro benzene ring substituents is 1. The van der Waals surface area contributed by atoms with Crippen molar-refractivity contribution in [3.05, 3.63) is 105 Å². The molecule has 0 heterocycles. The van der Waals surface area contributed by atoms with Crippen LogP contribution in [0.2, 0.25) is 0 Å². The minimum atomic E-state index is -6.06. The predicted octanol–water partition coefficient (Wildman–Crippen LogP) is 4.28. The number of carbonyl (C=O) groups is 4. The first-order valence-corrected chi connectivity index (χ1v) is 11.8. The van der Waals surface area contributed by atoms with Crippen LogP contribution in [0.25, 0.3) is 0 Å². The van der Waals surface area contributed by atoms with Crippen LogP contribution in [0.4, 0.5) is 27.6 Å². The van der Waals surface area contributed by atoms with Crippen LogP contribution in [0.5, 0.6) is 5.75 Å². The van der Waals surface area contributed by atoms with Crippen LogP contribution in [-0.2, 0) is 16.0 Å². The van der Waals surface area contributed by atoms with Crippen molar-refractivity contribution >= 4 is 29.3 Å². The summed E-state index contributed by atoms with van der Waals surface area (Å²) in [5, 5.41) is 32.6. The van der Waals surface area contributed by atoms with Gasteiger partial charge in [0.25, 0.3) is 5.91 Å². The summed E-state index contributed by atoms with van der Waals surface area (Å²) in [5.74, 6) is -12.6. The van der Waals surface area contributed by atoms with Crippen LogP contribution in [0, 0.1) is 10.1 Å².